The van der Waals surface area contributed by atoms with E-state index < -0.39 is 5.97 Å². The van der Waals surface area contributed by atoms with Gasteiger partial charge in [-0.2, -0.15) is 4.98 Å². The third kappa shape index (κ3) is 3.67. The number of esters is 1. The number of rotatable bonds is 5. The number of halogens is 1. The van der Waals surface area contributed by atoms with Crippen molar-refractivity contribution in [3.05, 3.63) is 58.2 Å². The zero-order chi connectivity index (χ0) is 18.7. The molecule has 26 heavy (non-hydrogen) atoms. The molecule has 8 heteroatoms. The van der Waals surface area contributed by atoms with Crippen molar-refractivity contribution in [3.63, 3.8) is 0 Å². The van der Waals surface area contributed by atoms with Crippen LogP contribution in [0.15, 0.2) is 34.9 Å². The van der Waals surface area contributed by atoms with Gasteiger partial charge in [0, 0.05) is 5.69 Å². The molecule has 0 spiro atoms. The zero-order valence-electron chi connectivity index (χ0n) is 14.4. The lowest BCUT2D eigenvalue weighted by molar-refractivity contribution is 0.0428. The summed E-state index contributed by atoms with van der Waals surface area (Å²) in [4.78, 5) is 20.6. The van der Waals surface area contributed by atoms with Crippen LogP contribution in [0, 0.1) is 13.8 Å². The van der Waals surface area contributed by atoms with Gasteiger partial charge < -0.3 is 14.0 Å². The SMILES string of the molecule is COc1ccccc1-c1noc(COC(=O)c2c(C)cc(C)nc2Cl)n1. The number of aromatic nitrogens is 3. The summed E-state index contributed by atoms with van der Waals surface area (Å²) in [5.41, 5.74) is 2.31. The second-order valence-electron chi connectivity index (χ2n) is 5.53. The second kappa shape index (κ2) is 7.53. The molecule has 3 aromatic rings. The molecule has 0 aliphatic heterocycles. The molecule has 0 N–H and O–H groups in total. The van der Waals surface area contributed by atoms with Crippen LogP contribution >= 0.6 is 11.6 Å². The van der Waals surface area contributed by atoms with E-state index in [0.29, 0.717) is 22.7 Å². The fraction of sp³-hybridized carbons (Fsp3) is 0.222. The van der Waals surface area contributed by atoms with Crippen LogP contribution < -0.4 is 4.74 Å². The number of methoxy groups -OCH3 is 1. The summed E-state index contributed by atoms with van der Waals surface area (Å²) < 4.78 is 15.6. The third-order valence-electron chi connectivity index (χ3n) is 3.65. The predicted molar refractivity (Wildman–Crippen MR) is 94.1 cm³/mol. The van der Waals surface area contributed by atoms with E-state index in [-0.39, 0.29) is 23.2 Å². The molecule has 0 aliphatic rings. The lowest BCUT2D eigenvalue weighted by Gasteiger charge is -2.07. The Balaban J connectivity index is 1.74. The minimum absolute atomic E-state index is 0.104. The highest BCUT2D eigenvalue weighted by Gasteiger charge is 2.19. The van der Waals surface area contributed by atoms with Crippen molar-refractivity contribution in [2.24, 2.45) is 0 Å². The number of hydrogen-bond acceptors (Lipinski definition) is 7. The molecule has 3 rings (SSSR count). The van der Waals surface area contributed by atoms with E-state index in [1.807, 2.05) is 12.1 Å². The van der Waals surface area contributed by atoms with Crippen LogP contribution in [0.3, 0.4) is 0 Å². The smallest absolute Gasteiger partial charge is 0.342 e. The summed E-state index contributed by atoms with van der Waals surface area (Å²) in [7, 11) is 1.56. The van der Waals surface area contributed by atoms with Crippen LogP contribution in [0.4, 0.5) is 0 Å². The first-order valence-corrected chi connectivity index (χ1v) is 8.14. The van der Waals surface area contributed by atoms with Gasteiger partial charge in [0.1, 0.15) is 10.9 Å². The molecule has 0 fully saturated rings. The van der Waals surface area contributed by atoms with Gasteiger partial charge in [0.15, 0.2) is 6.61 Å². The molecular weight excluding hydrogens is 358 g/mol. The van der Waals surface area contributed by atoms with Crippen molar-refractivity contribution in [2.45, 2.75) is 20.5 Å². The maximum Gasteiger partial charge on any atom is 0.342 e. The fourth-order valence-corrected chi connectivity index (χ4v) is 2.85. The van der Waals surface area contributed by atoms with E-state index in [4.69, 9.17) is 25.6 Å². The van der Waals surface area contributed by atoms with Gasteiger partial charge in [-0.25, -0.2) is 9.78 Å². The lowest BCUT2D eigenvalue weighted by atomic mass is 10.1. The first-order chi connectivity index (χ1) is 12.5. The Morgan fingerprint density at radius 1 is 1.23 bits per heavy atom. The van der Waals surface area contributed by atoms with Crippen LogP contribution in [0.2, 0.25) is 5.15 Å². The fourth-order valence-electron chi connectivity index (χ4n) is 2.49. The van der Waals surface area contributed by atoms with Crippen LogP contribution in [0.1, 0.15) is 27.5 Å². The van der Waals surface area contributed by atoms with E-state index in [2.05, 4.69) is 15.1 Å². The van der Waals surface area contributed by atoms with Gasteiger partial charge in [0.2, 0.25) is 5.82 Å². The number of ether oxygens (including phenoxy) is 2. The highest BCUT2D eigenvalue weighted by molar-refractivity contribution is 6.32. The standard InChI is InChI=1S/C18H16ClN3O4/c1-10-8-11(2)20-16(19)15(10)18(23)25-9-14-21-17(22-26-14)12-6-4-5-7-13(12)24-3/h4-8H,9H2,1-3H3. The molecule has 0 bridgehead atoms. The number of para-hydroxylation sites is 1. The van der Waals surface area contributed by atoms with Crippen molar-refractivity contribution in [2.75, 3.05) is 7.11 Å². The maximum absolute atomic E-state index is 12.3. The van der Waals surface area contributed by atoms with Gasteiger partial charge in [-0.15, -0.1) is 0 Å². The molecular formula is C18H16ClN3O4. The quantitative estimate of drug-likeness (QED) is 0.497. The summed E-state index contributed by atoms with van der Waals surface area (Å²) in [5.74, 6) is 0.523. The van der Waals surface area contributed by atoms with Crippen LogP contribution in [0.5, 0.6) is 5.75 Å². The van der Waals surface area contributed by atoms with Crippen molar-refractivity contribution in [1.29, 1.82) is 0 Å². The first kappa shape index (κ1) is 17.9. The van der Waals surface area contributed by atoms with E-state index >= 15 is 0 Å². The van der Waals surface area contributed by atoms with Gasteiger partial charge in [0.25, 0.3) is 5.89 Å². The largest absolute Gasteiger partial charge is 0.496 e. The van der Waals surface area contributed by atoms with Crippen molar-refractivity contribution < 1.29 is 18.8 Å². The minimum Gasteiger partial charge on any atom is -0.496 e. The van der Waals surface area contributed by atoms with Crippen molar-refractivity contribution >= 4 is 17.6 Å². The Morgan fingerprint density at radius 2 is 2.00 bits per heavy atom. The van der Waals surface area contributed by atoms with Crippen LogP contribution in [0.25, 0.3) is 11.4 Å². The molecule has 7 nitrogen and oxygen atoms in total. The third-order valence-corrected chi connectivity index (χ3v) is 3.92. The normalized spacial score (nSPS) is 10.6. The molecule has 134 valence electrons. The van der Waals surface area contributed by atoms with Crippen LogP contribution in [-0.4, -0.2) is 28.2 Å². The molecule has 0 amide bonds. The number of carbonyl (C=O) groups is 1. The summed E-state index contributed by atoms with van der Waals surface area (Å²) >= 11 is 6.05. The van der Waals surface area contributed by atoms with Gasteiger partial charge in [-0.05, 0) is 37.6 Å². The Kier molecular flexibility index (Phi) is 5.18. The summed E-state index contributed by atoms with van der Waals surface area (Å²) in [5, 5.41) is 4.00. The summed E-state index contributed by atoms with van der Waals surface area (Å²) in [6.07, 6.45) is 0. The monoisotopic (exact) mass is 373 g/mol. The Morgan fingerprint density at radius 3 is 2.73 bits per heavy atom. The molecule has 2 aromatic heterocycles. The number of nitrogens with zero attached hydrogens (tertiary/aromatic N) is 3. The molecule has 0 saturated carbocycles. The number of benzene rings is 1. The molecule has 0 saturated heterocycles. The van der Waals surface area contributed by atoms with Gasteiger partial charge in [-0.3, -0.25) is 0 Å². The van der Waals surface area contributed by atoms with Crippen LogP contribution in [-0.2, 0) is 11.3 Å². The highest BCUT2D eigenvalue weighted by atomic mass is 35.5. The molecule has 2 heterocycles. The topological polar surface area (TPSA) is 87.3 Å². The number of hydrogen-bond donors (Lipinski definition) is 0. The predicted octanol–water partition coefficient (Wildman–Crippen LogP) is 3.77. The van der Waals surface area contributed by atoms with E-state index in [9.17, 15) is 4.79 Å². The second-order valence-corrected chi connectivity index (χ2v) is 5.89. The average Bonchev–Trinajstić information content (AvgIpc) is 3.08. The minimum atomic E-state index is -0.600. The van der Waals surface area contributed by atoms with Crippen molar-refractivity contribution in [3.8, 4) is 17.1 Å². The molecule has 0 radical (unpaired) electrons. The zero-order valence-corrected chi connectivity index (χ0v) is 15.2. The van der Waals surface area contributed by atoms with Crippen molar-refractivity contribution in [1.82, 2.24) is 15.1 Å². The molecule has 0 atom stereocenters. The number of aryl methyl sites for hydroxylation is 2. The molecule has 0 aliphatic carbocycles. The van der Waals surface area contributed by atoms with E-state index in [0.717, 1.165) is 5.69 Å². The Labute approximate surface area is 154 Å². The Bertz CT molecular complexity index is 932. The number of carbonyl (C=O) groups excluding carboxylic acids is 1. The van der Waals surface area contributed by atoms with E-state index in [1.54, 1.807) is 39.2 Å². The first-order valence-electron chi connectivity index (χ1n) is 7.76. The average molecular weight is 374 g/mol. The van der Waals surface area contributed by atoms with Gasteiger partial charge in [0.05, 0.1) is 18.2 Å². The number of pyridine rings is 1. The highest BCUT2D eigenvalue weighted by Crippen LogP contribution is 2.27. The Hall–Kier alpha value is -2.93. The van der Waals surface area contributed by atoms with Gasteiger partial charge in [-0.1, -0.05) is 28.9 Å². The van der Waals surface area contributed by atoms with E-state index in [1.165, 1.54) is 0 Å². The summed E-state index contributed by atoms with van der Waals surface area (Å²) in [6, 6.07) is 9.03. The lowest BCUT2D eigenvalue weighted by Crippen LogP contribution is -2.09. The van der Waals surface area contributed by atoms with Gasteiger partial charge >= 0.3 is 5.97 Å². The molecule has 1 aromatic carbocycles. The summed E-state index contributed by atoms with van der Waals surface area (Å²) in [6.45, 7) is 3.39. The molecule has 0 unspecified atom stereocenters. The maximum atomic E-state index is 12.3.